The van der Waals surface area contributed by atoms with E-state index in [0.717, 1.165) is 22.9 Å². The second kappa shape index (κ2) is 9.74. The van der Waals surface area contributed by atoms with Gasteiger partial charge in [-0.1, -0.05) is 52.7 Å². The first-order chi connectivity index (χ1) is 14.7. The van der Waals surface area contributed by atoms with Gasteiger partial charge in [-0.25, -0.2) is 8.42 Å². The lowest BCUT2D eigenvalue weighted by Gasteiger charge is -2.22. The van der Waals surface area contributed by atoms with E-state index in [1.165, 1.54) is 4.31 Å². The minimum atomic E-state index is -3.44. The van der Waals surface area contributed by atoms with E-state index in [2.05, 4.69) is 15.5 Å². The molecule has 1 aromatic heterocycles. The molecular weight excluding hydrogens is 416 g/mol. The van der Waals surface area contributed by atoms with Crippen LogP contribution in [-0.4, -0.2) is 37.3 Å². The van der Waals surface area contributed by atoms with Gasteiger partial charge in [-0.15, -0.1) is 0 Å². The number of amides is 1. The lowest BCUT2D eigenvalue weighted by atomic mass is 10.1. The second-order valence-electron chi connectivity index (χ2n) is 7.43. The van der Waals surface area contributed by atoms with E-state index in [-0.39, 0.29) is 25.4 Å². The van der Waals surface area contributed by atoms with Crippen LogP contribution in [0.4, 0.5) is 5.69 Å². The number of hydrogen-bond acceptors (Lipinski definition) is 6. The van der Waals surface area contributed by atoms with Crippen LogP contribution in [-0.2, 0) is 21.4 Å². The number of aromatic nitrogens is 2. The average Bonchev–Trinajstić information content (AvgIpc) is 3.19. The Morgan fingerprint density at radius 1 is 1.03 bits per heavy atom. The number of hydrogen-bond donors (Lipinski definition) is 1. The van der Waals surface area contributed by atoms with Crippen molar-refractivity contribution >= 4 is 21.6 Å². The zero-order valence-corrected chi connectivity index (χ0v) is 18.6. The Bertz CT molecular complexity index is 1120. The molecule has 1 amide bonds. The number of benzene rings is 2. The number of aryl methyl sites for hydroxylation is 2. The Labute approximate surface area is 182 Å². The van der Waals surface area contributed by atoms with Gasteiger partial charge in [-0.05, 0) is 32.4 Å². The third kappa shape index (κ3) is 6.39. The van der Waals surface area contributed by atoms with E-state index >= 15 is 0 Å². The van der Waals surface area contributed by atoms with E-state index < -0.39 is 10.0 Å². The fourth-order valence-corrected chi connectivity index (χ4v) is 3.96. The molecule has 0 radical (unpaired) electrons. The van der Waals surface area contributed by atoms with Gasteiger partial charge in [0.15, 0.2) is 0 Å². The topological polar surface area (TPSA) is 105 Å². The predicted octanol–water partition coefficient (Wildman–Crippen LogP) is 3.22. The first kappa shape index (κ1) is 22.5. The van der Waals surface area contributed by atoms with Crippen LogP contribution in [0.5, 0.6) is 0 Å². The standard InChI is InChI=1S/C22H26N4O4S/c1-16-6-10-18(11-7-16)22-24-21(30-25-22)15-23-20(27)5-4-14-26(31(3,28)29)19-12-8-17(2)9-13-19/h6-13H,4-5,14-15H2,1-3H3,(H,23,27). The minimum Gasteiger partial charge on any atom is -0.347 e. The van der Waals surface area contributed by atoms with Crippen molar-refractivity contribution < 1.29 is 17.7 Å². The van der Waals surface area contributed by atoms with Gasteiger partial charge in [0.2, 0.25) is 27.6 Å². The van der Waals surface area contributed by atoms with Gasteiger partial charge in [-0.3, -0.25) is 9.10 Å². The number of anilines is 1. The van der Waals surface area contributed by atoms with E-state index in [1.54, 1.807) is 12.1 Å². The maximum Gasteiger partial charge on any atom is 0.246 e. The highest BCUT2D eigenvalue weighted by molar-refractivity contribution is 7.92. The fraction of sp³-hybridized carbons (Fsp3) is 0.318. The zero-order valence-electron chi connectivity index (χ0n) is 17.8. The van der Waals surface area contributed by atoms with Crippen LogP contribution in [0.1, 0.15) is 29.9 Å². The van der Waals surface area contributed by atoms with Crippen LogP contribution < -0.4 is 9.62 Å². The number of nitrogens with one attached hydrogen (secondary N) is 1. The van der Waals surface area contributed by atoms with Crippen LogP contribution in [0.3, 0.4) is 0 Å². The third-order valence-electron chi connectivity index (χ3n) is 4.70. The molecule has 0 bridgehead atoms. The molecule has 164 valence electrons. The maximum atomic E-state index is 12.2. The molecule has 0 fully saturated rings. The van der Waals surface area contributed by atoms with Gasteiger partial charge in [0.1, 0.15) is 0 Å². The molecule has 0 unspecified atom stereocenters. The summed E-state index contributed by atoms with van der Waals surface area (Å²) in [6.07, 6.45) is 1.72. The first-order valence-electron chi connectivity index (χ1n) is 9.93. The molecule has 1 N–H and O–H groups in total. The van der Waals surface area contributed by atoms with Gasteiger partial charge in [0.25, 0.3) is 0 Å². The molecule has 0 aliphatic rings. The van der Waals surface area contributed by atoms with E-state index in [1.807, 2.05) is 50.2 Å². The summed E-state index contributed by atoms with van der Waals surface area (Å²) >= 11 is 0. The number of carbonyl (C=O) groups excluding carboxylic acids is 1. The van der Waals surface area contributed by atoms with Crippen LogP contribution >= 0.6 is 0 Å². The summed E-state index contributed by atoms with van der Waals surface area (Å²) in [5.74, 6) is 0.555. The predicted molar refractivity (Wildman–Crippen MR) is 119 cm³/mol. The molecule has 3 aromatic rings. The van der Waals surface area contributed by atoms with Crippen LogP contribution in [0.25, 0.3) is 11.4 Å². The summed E-state index contributed by atoms with van der Waals surface area (Å²) in [7, 11) is -3.44. The van der Waals surface area contributed by atoms with Crippen molar-refractivity contribution in [3.8, 4) is 11.4 Å². The highest BCUT2D eigenvalue weighted by Crippen LogP contribution is 2.19. The normalized spacial score (nSPS) is 11.3. The monoisotopic (exact) mass is 442 g/mol. The van der Waals surface area contributed by atoms with E-state index in [0.29, 0.717) is 23.8 Å². The SMILES string of the molecule is Cc1ccc(-c2noc(CNC(=O)CCCN(c3ccc(C)cc3)S(C)(=O)=O)n2)cc1. The minimum absolute atomic E-state index is 0.117. The molecule has 9 heteroatoms. The van der Waals surface area contributed by atoms with Crippen molar-refractivity contribution in [3.63, 3.8) is 0 Å². The van der Waals surface area contributed by atoms with Gasteiger partial charge < -0.3 is 9.84 Å². The Morgan fingerprint density at radius 2 is 1.65 bits per heavy atom. The first-order valence-corrected chi connectivity index (χ1v) is 11.8. The van der Waals surface area contributed by atoms with Crippen molar-refractivity contribution in [3.05, 3.63) is 65.5 Å². The Hall–Kier alpha value is -3.20. The summed E-state index contributed by atoms with van der Waals surface area (Å²) in [6.45, 7) is 4.27. The third-order valence-corrected chi connectivity index (χ3v) is 5.90. The molecule has 0 aliphatic carbocycles. The number of sulfonamides is 1. The summed E-state index contributed by atoms with van der Waals surface area (Å²) < 4.78 is 30.8. The Kier molecular flexibility index (Phi) is 7.06. The second-order valence-corrected chi connectivity index (χ2v) is 9.34. The van der Waals surface area contributed by atoms with Crippen molar-refractivity contribution in [1.82, 2.24) is 15.5 Å². The van der Waals surface area contributed by atoms with Crippen LogP contribution in [0.15, 0.2) is 53.1 Å². The average molecular weight is 443 g/mol. The molecule has 0 atom stereocenters. The highest BCUT2D eigenvalue weighted by Gasteiger charge is 2.17. The molecule has 8 nitrogen and oxygen atoms in total. The van der Waals surface area contributed by atoms with Crippen molar-refractivity contribution in [2.24, 2.45) is 0 Å². The number of nitrogens with zero attached hydrogens (tertiary/aromatic N) is 3. The fourth-order valence-electron chi connectivity index (χ4n) is 2.99. The van der Waals surface area contributed by atoms with E-state index in [4.69, 9.17) is 4.52 Å². The zero-order chi connectivity index (χ0) is 22.4. The summed E-state index contributed by atoms with van der Waals surface area (Å²) in [5.41, 5.74) is 3.60. The van der Waals surface area contributed by atoms with E-state index in [9.17, 15) is 13.2 Å². The summed E-state index contributed by atoms with van der Waals surface area (Å²) in [5, 5.41) is 6.66. The number of carbonyl (C=O) groups is 1. The van der Waals surface area contributed by atoms with Gasteiger partial charge in [0.05, 0.1) is 18.5 Å². The lowest BCUT2D eigenvalue weighted by Crippen LogP contribution is -2.32. The van der Waals surface area contributed by atoms with Gasteiger partial charge in [0, 0.05) is 18.5 Å². The smallest absolute Gasteiger partial charge is 0.246 e. The number of rotatable bonds is 9. The molecular formula is C22H26N4O4S. The largest absolute Gasteiger partial charge is 0.347 e. The molecule has 0 saturated heterocycles. The molecule has 31 heavy (non-hydrogen) atoms. The molecule has 3 rings (SSSR count). The van der Waals surface area contributed by atoms with Crippen LogP contribution in [0, 0.1) is 13.8 Å². The molecule has 0 aliphatic heterocycles. The maximum absolute atomic E-state index is 12.2. The summed E-state index contributed by atoms with van der Waals surface area (Å²) in [6, 6.07) is 15.0. The Balaban J connectivity index is 1.49. The van der Waals surface area contributed by atoms with Gasteiger partial charge >= 0.3 is 0 Å². The highest BCUT2D eigenvalue weighted by atomic mass is 32.2. The molecule has 2 aromatic carbocycles. The van der Waals surface area contributed by atoms with Crippen molar-refractivity contribution in [2.75, 3.05) is 17.1 Å². The molecule has 0 saturated carbocycles. The quantitative estimate of drug-likeness (QED) is 0.545. The molecule has 0 spiro atoms. The Morgan fingerprint density at radius 3 is 2.26 bits per heavy atom. The molecule has 1 heterocycles. The lowest BCUT2D eigenvalue weighted by molar-refractivity contribution is -0.121. The van der Waals surface area contributed by atoms with Crippen LogP contribution in [0.2, 0.25) is 0 Å². The van der Waals surface area contributed by atoms with Crippen molar-refractivity contribution in [1.29, 1.82) is 0 Å². The van der Waals surface area contributed by atoms with Crippen molar-refractivity contribution in [2.45, 2.75) is 33.2 Å². The van der Waals surface area contributed by atoms with Gasteiger partial charge in [-0.2, -0.15) is 4.98 Å². The summed E-state index contributed by atoms with van der Waals surface area (Å²) in [4.78, 5) is 16.5.